The Morgan fingerprint density at radius 1 is 1.28 bits per heavy atom. The number of hydrogen-bond donors (Lipinski definition) is 1. The van der Waals surface area contributed by atoms with Gasteiger partial charge in [0.15, 0.2) is 0 Å². The first-order valence-electron chi connectivity index (χ1n) is 8.26. The van der Waals surface area contributed by atoms with E-state index in [9.17, 15) is 4.79 Å². The van der Waals surface area contributed by atoms with Crippen LogP contribution in [0, 0.1) is 6.92 Å². The molecule has 1 fully saturated rings. The summed E-state index contributed by atoms with van der Waals surface area (Å²) < 4.78 is 10.6. The van der Waals surface area contributed by atoms with Gasteiger partial charge in [-0.1, -0.05) is 12.1 Å². The smallest absolute Gasteiger partial charge is 0.255 e. The van der Waals surface area contributed by atoms with Gasteiger partial charge in [-0.2, -0.15) is 0 Å². The number of ether oxygens (including phenoxy) is 2. The molecule has 1 amide bonds. The number of carbonyl (C=O) groups excluding carboxylic acids is 1. The van der Waals surface area contributed by atoms with Crippen LogP contribution in [-0.4, -0.2) is 49.3 Å². The van der Waals surface area contributed by atoms with Gasteiger partial charge in [-0.15, -0.1) is 0 Å². The van der Waals surface area contributed by atoms with Crippen molar-refractivity contribution in [2.75, 3.05) is 38.3 Å². The third-order valence-electron chi connectivity index (χ3n) is 3.97. The summed E-state index contributed by atoms with van der Waals surface area (Å²) in [5.74, 6) is 1.04. The highest BCUT2D eigenvalue weighted by molar-refractivity contribution is 5.96. The normalized spacial score (nSPS) is 14.2. The molecule has 0 spiro atoms. The molecule has 0 saturated carbocycles. The van der Waals surface area contributed by atoms with Crippen molar-refractivity contribution in [3.8, 4) is 5.75 Å². The van der Waals surface area contributed by atoms with Crippen molar-refractivity contribution in [3.63, 3.8) is 0 Å². The number of aromatic nitrogens is 2. The number of aryl methyl sites for hydroxylation is 1. The lowest BCUT2D eigenvalue weighted by Gasteiger charge is -2.27. The number of para-hydroxylation sites is 1. The van der Waals surface area contributed by atoms with Crippen LogP contribution in [0.3, 0.4) is 0 Å². The number of rotatable bonds is 5. The second-order valence-corrected chi connectivity index (χ2v) is 5.78. The Morgan fingerprint density at radius 3 is 2.80 bits per heavy atom. The van der Waals surface area contributed by atoms with Crippen molar-refractivity contribution >= 4 is 11.9 Å². The van der Waals surface area contributed by atoms with Gasteiger partial charge in [-0.25, -0.2) is 9.97 Å². The lowest BCUT2D eigenvalue weighted by Crippen LogP contribution is -2.37. The molecule has 25 heavy (non-hydrogen) atoms. The minimum absolute atomic E-state index is 0.193. The molecule has 0 radical (unpaired) electrons. The van der Waals surface area contributed by atoms with Crippen LogP contribution in [0.15, 0.2) is 30.3 Å². The number of nitrogens with zero attached hydrogens (tertiary/aromatic N) is 3. The van der Waals surface area contributed by atoms with E-state index in [0.29, 0.717) is 37.0 Å². The van der Waals surface area contributed by atoms with Crippen molar-refractivity contribution in [2.45, 2.75) is 13.5 Å². The molecule has 1 aromatic heterocycles. The predicted molar refractivity (Wildman–Crippen MR) is 94.0 cm³/mol. The fraction of sp³-hybridized carbons (Fsp3) is 0.389. The number of hydrogen-bond acceptors (Lipinski definition) is 6. The van der Waals surface area contributed by atoms with Crippen LogP contribution in [0.25, 0.3) is 0 Å². The first-order chi connectivity index (χ1) is 12.2. The summed E-state index contributed by atoms with van der Waals surface area (Å²) in [4.78, 5) is 23.6. The van der Waals surface area contributed by atoms with Gasteiger partial charge >= 0.3 is 0 Å². The SMILES string of the molecule is COc1ccccc1C(=O)NCc1cc(C)nc(N2CCOCC2)n1. The van der Waals surface area contributed by atoms with Gasteiger partial charge < -0.3 is 19.7 Å². The Morgan fingerprint density at radius 2 is 2.04 bits per heavy atom. The molecule has 0 atom stereocenters. The maximum absolute atomic E-state index is 12.4. The highest BCUT2D eigenvalue weighted by atomic mass is 16.5. The molecular formula is C18H22N4O3. The largest absolute Gasteiger partial charge is 0.496 e. The van der Waals surface area contributed by atoms with Crippen LogP contribution < -0.4 is 15.0 Å². The first kappa shape index (κ1) is 17.2. The van der Waals surface area contributed by atoms with Gasteiger partial charge in [-0.05, 0) is 25.1 Å². The van der Waals surface area contributed by atoms with E-state index < -0.39 is 0 Å². The van der Waals surface area contributed by atoms with E-state index in [1.807, 2.05) is 25.1 Å². The molecule has 1 aliphatic rings. The quantitative estimate of drug-likeness (QED) is 0.889. The summed E-state index contributed by atoms with van der Waals surface area (Å²) in [6.07, 6.45) is 0. The van der Waals surface area contributed by atoms with Crippen LogP contribution in [0.2, 0.25) is 0 Å². The summed E-state index contributed by atoms with van der Waals surface area (Å²) in [6, 6.07) is 9.02. The van der Waals surface area contributed by atoms with Gasteiger partial charge in [0.05, 0.1) is 38.1 Å². The monoisotopic (exact) mass is 342 g/mol. The zero-order chi connectivity index (χ0) is 17.6. The van der Waals surface area contributed by atoms with Crippen molar-refractivity contribution in [1.82, 2.24) is 15.3 Å². The van der Waals surface area contributed by atoms with Gasteiger partial charge in [0.25, 0.3) is 5.91 Å². The van der Waals surface area contributed by atoms with E-state index in [2.05, 4.69) is 20.2 Å². The summed E-state index contributed by atoms with van der Waals surface area (Å²) in [7, 11) is 1.55. The lowest BCUT2D eigenvalue weighted by atomic mass is 10.2. The van der Waals surface area contributed by atoms with E-state index in [1.54, 1.807) is 19.2 Å². The van der Waals surface area contributed by atoms with Gasteiger partial charge in [0, 0.05) is 18.8 Å². The van der Waals surface area contributed by atoms with Gasteiger partial charge in [0.1, 0.15) is 5.75 Å². The predicted octanol–water partition coefficient (Wildman–Crippen LogP) is 1.56. The second kappa shape index (κ2) is 7.94. The van der Waals surface area contributed by atoms with Crippen LogP contribution in [-0.2, 0) is 11.3 Å². The molecule has 1 aromatic carbocycles. The van der Waals surface area contributed by atoms with E-state index in [1.165, 1.54) is 0 Å². The third-order valence-corrected chi connectivity index (χ3v) is 3.97. The summed E-state index contributed by atoms with van der Waals surface area (Å²) in [5.41, 5.74) is 2.15. The number of methoxy groups -OCH3 is 1. The van der Waals surface area contributed by atoms with E-state index in [-0.39, 0.29) is 5.91 Å². The molecule has 2 aromatic rings. The Bertz CT molecular complexity index is 745. The number of benzene rings is 1. The molecule has 1 N–H and O–H groups in total. The summed E-state index contributed by atoms with van der Waals surface area (Å²) in [6.45, 7) is 5.16. The summed E-state index contributed by atoms with van der Waals surface area (Å²) >= 11 is 0. The van der Waals surface area contributed by atoms with Crippen LogP contribution in [0.5, 0.6) is 5.75 Å². The van der Waals surface area contributed by atoms with Crippen molar-refractivity contribution in [1.29, 1.82) is 0 Å². The van der Waals surface area contributed by atoms with Crippen LogP contribution >= 0.6 is 0 Å². The molecule has 0 bridgehead atoms. The first-order valence-corrected chi connectivity index (χ1v) is 8.26. The molecule has 132 valence electrons. The number of anilines is 1. The standard InChI is InChI=1S/C18H22N4O3/c1-13-11-14(21-18(20-13)22-7-9-25-10-8-22)12-19-17(23)15-5-3-4-6-16(15)24-2/h3-6,11H,7-10,12H2,1-2H3,(H,19,23). The topological polar surface area (TPSA) is 76.6 Å². The third kappa shape index (κ3) is 4.24. The van der Waals surface area contributed by atoms with Crippen LogP contribution in [0.4, 0.5) is 5.95 Å². The average molecular weight is 342 g/mol. The van der Waals surface area contributed by atoms with Crippen LogP contribution in [0.1, 0.15) is 21.7 Å². The number of morpholine rings is 1. The molecule has 0 unspecified atom stereocenters. The highest BCUT2D eigenvalue weighted by Gasteiger charge is 2.16. The number of amides is 1. The van der Waals surface area contributed by atoms with Gasteiger partial charge in [-0.3, -0.25) is 4.79 Å². The zero-order valence-corrected chi connectivity index (χ0v) is 14.5. The molecule has 7 heteroatoms. The minimum Gasteiger partial charge on any atom is -0.496 e. The molecule has 3 rings (SSSR count). The molecule has 0 aliphatic carbocycles. The minimum atomic E-state index is -0.193. The number of carbonyl (C=O) groups is 1. The van der Waals surface area contributed by atoms with E-state index >= 15 is 0 Å². The highest BCUT2D eigenvalue weighted by Crippen LogP contribution is 2.17. The average Bonchev–Trinajstić information content (AvgIpc) is 2.66. The van der Waals surface area contributed by atoms with Gasteiger partial charge in [0.2, 0.25) is 5.95 Å². The Hall–Kier alpha value is -2.67. The zero-order valence-electron chi connectivity index (χ0n) is 14.5. The van der Waals surface area contributed by atoms with Crippen molar-refractivity contribution < 1.29 is 14.3 Å². The summed E-state index contributed by atoms with van der Waals surface area (Å²) in [5, 5.41) is 2.89. The fourth-order valence-electron chi connectivity index (χ4n) is 2.71. The van der Waals surface area contributed by atoms with E-state index in [0.717, 1.165) is 24.5 Å². The number of nitrogens with one attached hydrogen (secondary N) is 1. The maximum atomic E-state index is 12.4. The molecule has 7 nitrogen and oxygen atoms in total. The fourth-order valence-corrected chi connectivity index (χ4v) is 2.71. The Kier molecular flexibility index (Phi) is 5.45. The van der Waals surface area contributed by atoms with Crippen molar-refractivity contribution in [3.05, 3.63) is 47.3 Å². The molecular weight excluding hydrogens is 320 g/mol. The maximum Gasteiger partial charge on any atom is 0.255 e. The second-order valence-electron chi connectivity index (χ2n) is 5.78. The molecule has 1 saturated heterocycles. The molecule has 1 aliphatic heterocycles. The lowest BCUT2D eigenvalue weighted by molar-refractivity contribution is 0.0947. The Balaban J connectivity index is 1.70. The van der Waals surface area contributed by atoms with E-state index in [4.69, 9.17) is 9.47 Å². The van der Waals surface area contributed by atoms with Crippen molar-refractivity contribution in [2.24, 2.45) is 0 Å². The Labute approximate surface area is 147 Å². The molecule has 2 heterocycles.